The fraction of sp³-hybridized carbons (Fsp3) is 0.235. The molecule has 0 aliphatic heterocycles. The second kappa shape index (κ2) is 9.43. The third-order valence-electron chi connectivity index (χ3n) is 3.07. The molecule has 2 aromatic carbocycles. The Morgan fingerprint density at radius 1 is 1.09 bits per heavy atom. The summed E-state index contributed by atoms with van der Waals surface area (Å²) in [6, 6.07) is 14.9. The van der Waals surface area contributed by atoms with Crippen molar-refractivity contribution in [1.29, 1.82) is 0 Å². The summed E-state index contributed by atoms with van der Waals surface area (Å²) < 4.78 is 6.57. The number of carbonyl (C=O) groups is 1. The zero-order valence-electron chi connectivity index (χ0n) is 12.5. The molecule has 0 spiro atoms. The van der Waals surface area contributed by atoms with E-state index in [-0.39, 0.29) is 6.03 Å². The molecule has 122 valence electrons. The predicted octanol–water partition coefficient (Wildman–Crippen LogP) is 4.37. The quantitative estimate of drug-likeness (QED) is 0.682. The lowest BCUT2D eigenvalue weighted by Gasteiger charge is -2.09. The number of ether oxygens (including phenoxy) is 1. The van der Waals surface area contributed by atoms with Crippen molar-refractivity contribution >= 4 is 33.6 Å². The number of halogens is 2. The van der Waals surface area contributed by atoms with E-state index >= 15 is 0 Å². The number of hydrogen-bond acceptors (Lipinski definition) is 2. The molecular formula is C17H18BrClN2O2. The number of para-hydroxylation sites is 1. The van der Waals surface area contributed by atoms with Crippen LogP contribution in [0.5, 0.6) is 5.75 Å². The second-order valence-corrected chi connectivity index (χ2v) is 6.19. The van der Waals surface area contributed by atoms with Crippen molar-refractivity contribution in [2.24, 2.45) is 0 Å². The van der Waals surface area contributed by atoms with Gasteiger partial charge in [0.2, 0.25) is 0 Å². The number of benzene rings is 2. The normalized spacial score (nSPS) is 10.2. The third-order valence-corrected chi connectivity index (χ3v) is 3.91. The van der Waals surface area contributed by atoms with Crippen LogP contribution in [0.1, 0.15) is 12.0 Å². The first-order valence-electron chi connectivity index (χ1n) is 7.28. The minimum Gasteiger partial charge on any atom is -0.492 e. The highest BCUT2D eigenvalue weighted by atomic mass is 79.9. The molecule has 2 N–H and O–H groups in total. The third kappa shape index (κ3) is 6.50. The van der Waals surface area contributed by atoms with Gasteiger partial charge in [0.25, 0.3) is 0 Å². The average molecular weight is 398 g/mol. The Labute approximate surface area is 149 Å². The van der Waals surface area contributed by atoms with Crippen LogP contribution in [0.4, 0.5) is 4.79 Å². The van der Waals surface area contributed by atoms with Crippen molar-refractivity contribution in [1.82, 2.24) is 10.6 Å². The zero-order chi connectivity index (χ0) is 16.5. The van der Waals surface area contributed by atoms with Gasteiger partial charge in [0, 0.05) is 17.6 Å². The average Bonchev–Trinajstić information content (AvgIpc) is 2.55. The SMILES string of the molecule is O=C(NCCCOc1ccccc1Cl)NCc1ccc(Br)cc1. The Hall–Kier alpha value is -1.72. The molecule has 0 aromatic heterocycles. The van der Waals surface area contributed by atoms with Gasteiger partial charge in [0.15, 0.2) is 0 Å². The summed E-state index contributed by atoms with van der Waals surface area (Å²) in [5.41, 5.74) is 1.05. The van der Waals surface area contributed by atoms with Gasteiger partial charge in [0.05, 0.1) is 11.6 Å². The molecule has 23 heavy (non-hydrogen) atoms. The fourth-order valence-corrected chi connectivity index (χ4v) is 2.32. The smallest absolute Gasteiger partial charge is 0.315 e. The van der Waals surface area contributed by atoms with Gasteiger partial charge < -0.3 is 15.4 Å². The van der Waals surface area contributed by atoms with Gasteiger partial charge in [0.1, 0.15) is 5.75 Å². The van der Waals surface area contributed by atoms with Crippen molar-refractivity contribution < 1.29 is 9.53 Å². The maximum Gasteiger partial charge on any atom is 0.315 e. The van der Waals surface area contributed by atoms with Gasteiger partial charge in [-0.3, -0.25) is 0 Å². The lowest BCUT2D eigenvalue weighted by Crippen LogP contribution is -2.35. The van der Waals surface area contributed by atoms with Crippen LogP contribution in [0.3, 0.4) is 0 Å². The molecule has 0 bridgehead atoms. The highest BCUT2D eigenvalue weighted by Gasteiger charge is 2.01. The van der Waals surface area contributed by atoms with E-state index < -0.39 is 0 Å². The van der Waals surface area contributed by atoms with Gasteiger partial charge >= 0.3 is 6.03 Å². The maximum absolute atomic E-state index is 11.7. The van der Waals surface area contributed by atoms with E-state index in [0.717, 1.165) is 10.0 Å². The van der Waals surface area contributed by atoms with E-state index in [2.05, 4.69) is 26.6 Å². The molecule has 4 nitrogen and oxygen atoms in total. The Balaban J connectivity index is 1.58. The van der Waals surface area contributed by atoms with E-state index in [0.29, 0.717) is 36.9 Å². The lowest BCUT2D eigenvalue weighted by atomic mass is 10.2. The minimum atomic E-state index is -0.189. The van der Waals surface area contributed by atoms with E-state index in [4.69, 9.17) is 16.3 Å². The summed E-state index contributed by atoms with van der Waals surface area (Å²) in [5.74, 6) is 0.661. The summed E-state index contributed by atoms with van der Waals surface area (Å²) in [5, 5.41) is 6.19. The molecule has 6 heteroatoms. The lowest BCUT2D eigenvalue weighted by molar-refractivity contribution is 0.238. The van der Waals surface area contributed by atoms with Crippen molar-refractivity contribution in [3.63, 3.8) is 0 Å². The minimum absolute atomic E-state index is 0.189. The highest BCUT2D eigenvalue weighted by molar-refractivity contribution is 9.10. The number of urea groups is 1. The Kier molecular flexibility index (Phi) is 7.23. The number of hydrogen-bond donors (Lipinski definition) is 2. The van der Waals surface area contributed by atoms with Crippen LogP contribution >= 0.6 is 27.5 Å². The summed E-state index contributed by atoms with van der Waals surface area (Å²) in [4.78, 5) is 11.7. The van der Waals surface area contributed by atoms with Crippen molar-refractivity contribution in [2.75, 3.05) is 13.2 Å². The van der Waals surface area contributed by atoms with Crippen LogP contribution in [0.2, 0.25) is 5.02 Å². The molecule has 2 amide bonds. The fourth-order valence-electron chi connectivity index (χ4n) is 1.87. The summed E-state index contributed by atoms with van der Waals surface area (Å²) >= 11 is 9.36. The zero-order valence-corrected chi connectivity index (χ0v) is 14.9. The molecule has 0 heterocycles. The molecule has 2 aromatic rings. The van der Waals surface area contributed by atoms with Crippen molar-refractivity contribution in [3.8, 4) is 5.75 Å². The standard InChI is InChI=1S/C17H18BrClN2O2/c18-14-8-6-13(7-9-14)12-21-17(22)20-10-3-11-23-16-5-2-1-4-15(16)19/h1-2,4-9H,3,10-12H2,(H2,20,21,22). The van der Waals surface area contributed by atoms with Gasteiger partial charge in [-0.1, -0.05) is 51.8 Å². The van der Waals surface area contributed by atoms with Crippen LogP contribution < -0.4 is 15.4 Å². The molecule has 0 atom stereocenters. The first-order chi connectivity index (χ1) is 11.1. The van der Waals surface area contributed by atoms with Crippen LogP contribution in [0, 0.1) is 0 Å². The monoisotopic (exact) mass is 396 g/mol. The Bertz CT molecular complexity index is 635. The molecule has 0 fully saturated rings. The van der Waals surface area contributed by atoms with E-state index in [1.807, 2.05) is 42.5 Å². The van der Waals surface area contributed by atoms with Crippen LogP contribution in [0.25, 0.3) is 0 Å². The molecule has 0 saturated heterocycles. The van der Waals surface area contributed by atoms with Gasteiger partial charge in [-0.2, -0.15) is 0 Å². The number of amides is 2. The summed E-state index contributed by atoms with van der Waals surface area (Å²) in [6.07, 6.45) is 0.705. The molecule has 0 radical (unpaired) electrons. The van der Waals surface area contributed by atoms with Gasteiger partial charge in [-0.15, -0.1) is 0 Å². The van der Waals surface area contributed by atoms with Gasteiger partial charge in [-0.05, 0) is 36.2 Å². The van der Waals surface area contributed by atoms with E-state index in [9.17, 15) is 4.79 Å². The van der Waals surface area contributed by atoms with Gasteiger partial charge in [-0.25, -0.2) is 4.79 Å². The van der Waals surface area contributed by atoms with E-state index in [1.54, 1.807) is 6.07 Å². The molecular weight excluding hydrogens is 380 g/mol. The summed E-state index contributed by atoms with van der Waals surface area (Å²) in [7, 11) is 0. The molecule has 0 aliphatic carbocycles. The highest BCUT2D eigenvalue weighted by Crippen LogP contribution is 2.22. The molecule has 2 rings (SSSR count). The Morgan fingerprint density at radius 2 is 1.83 bits per heavy atom. The number of nitrogens with one attached hydrogen (secondary N) is 2. The van der Waals surface area contributed by atoms with E-state index in [1.165, 1.54) is 0 Å². The first kappa shape index (κ1) is 17.6. The predicted molar refractivity (Wildman–Crippen MR) is 95.9 cm³/mol. The van der Waals surface area contributed by atoms with Crippen LogP contribution in [0.15, 0.2) is 53.0 Å². The van der Waals surface area contributed by atoms with Crippen molar-refractivity contribution in [2.45, 2.75) is 13.0 Å². The van der Waals surface area contributed by atoms with Crippen LogP contribution in [-0.4, -0.2) is 19.2 Å². The maximum atomic E-state index is 11.7. The summed E-state index contributed by atoms with van der Waals surface area (Å²) in [6.45, 7) is 1.53. The number of carbonyl (C=O) groups excluding carboxylic acids is 1. The van der Waals surface area contributed by atoms with Crippen molar-refractivity contribution in [3.05, 3.63) is 63.6 Å². The second-order valence-electron chi connectivity index (χ2n) is 4.87. The van der Waals surface area contributed by atoms with Crippen LogP contribution in [-0.2, 0) is 6.54 Å². The largest absolute Gasteiger partial charge is 0.492 e. The number of rotatable bonds is 7. The molecule has 0 aliphatic rings. The molecule has 0 unspecified atom stereocenters. The first-order valence-corrected chi connectivity index (χ1v) is 8.46. The topological polar surface area (TPSA) is 50.4 Å². The molecule has 0 saturated carbocycles. The Morgan fingerprint density at radius 3 is 2.57 bits per heavy atom.